The summed E-state index contributed by atoms with van der Waals surface area (Å²) in [6.45, 7) is 2.42. The van der Waals surface area contributed by atoms with E-state index in [9.17, 15) is 9.90 Å². The first-order chi connectivity index (χ1) is 8.75. The summed E-state index contributed by atoms with van der Waals surface area (Å²) in [5.41, 5.74) is 0.810. The number of morpholine rings is 1. The maximum Gasteiger partial charge on any atom is 0.328 e. The summed E-state index contributed by atoms with van der Waals surface area (Å²) in [6, 6.07) is 6.78. The Bertz CT molecular complexity index is 585. The van der Waals surface area contributed by atoms with Crippen LogP contribution in [0.2, 0.25) is 0 Å². The average molecular weight is 246 g/mol. The van der Waals surface area contributed by atoms with E-state index in [2.05, 4.69) is 0 Å². The molecule has 2 aromatic rings. The second kappa shape index (κ2) is 4.34. The van der Waals surface area contributed by atoms with Crippen LogP contribution in [0.5, 0.6) is 5.75 Å². The first-order valence-corrected chi connectivity index (χ1v) is 5.93. The Balaban J connectivity index is 1.96. The predicted octanol–water partition coefficient (Wildman–Crippen LogP) is 1.65. The largest absolute Gasteiger partial charge is 0.508 e. The molecule has 18 heavy (non-hydrogen) atoms. The van der Waals surface area contributed by atoms with Crippen molar-refractivity contribution in [2.75, 3.05) is 26.3 Å². The normalized spacial score (nSPS) is 16.1. The number of carbonyl (C=O) groups is 1. The highest BCUT2D eigenvalue weighted by atomic mass is 16.5. The van der Waals surface area contributed by atoms with E-state index < -0.39 is 0 Å². The quantitative estimate of drug-likeness (QED) is 0.769. The van der Waals surface area contributed by atoms with Gasteiger partial charge in [-0.1, -0.05) is 0 Å². The van der Waals surface area contributed by atoms with Gasteiger partial charge in [0.15, 0.2) is 0 Å². The highest BCUT2D eigenvalue weighted by molar-refractivity contribution is 5.92. The SMILES string of the molecule is O=C(N1CCOCC1)n1ccc2cc(O)ccc21. The first kappa shape index (κ1) is 11.1. The molecule has 3 rings (SSSR count). The average Bonchev–Trinajstić information content (AvgIpc) is 2.81. The molecule has 1 aliphatic rings. The number of benzene rings is 1. The summed E-state index contributed by atoms with van der Waals surface area (Å²) in [5, 5.41) is 10.3. The lowest BCUT2D eigenvalue weighted by molar-refractivity contribution is 0.0538. The molecule has 1 aliphatic heterocycles. The van der Waals surface area contributed by atoms with Crippen molar-refractivity contribution in [2.24, 2.45) is 0 Å². The number of nitrogens with zero attached hydrogens (tertiary/aromatic N) is 2. The second-order valence-electron chi connectivity index (χ2n) is 4.31. The van der Waals surface area contributed by atoms with Gasteiger partial charge in [-0.15, -0.1) is 0 Å². The molecule has 0 bridgehead atoms. The zero-order valence-corrected chi connectivity index (χ0v) is 9.87. The lowest BCUT2D eigenvalue weighted by atomic mass is 10.2. The second-order valence-corrected chi connectivity index (χ2v) is 4.31. The fraction of sp³-hybridized carbons (Fsp3) is 0.308. The van der Waals surface area contributed by atoms with Gasteiger partial charge in [-0.05, 0) is 24.3 Å². The summed E-state index contributed by atoms with van der Waals surface area (Å²) < 4.78 is 6.85. The molecular weight excluding hydrogens is 232 g/mol. The number of rotatable bonds is 0. The van der Waals surface area contributed by atoms with E-state index in [-0.39, 0.29) is 11.8 Å². The lowest BCUT2D eigenvalue weighted by Gasteiger charge is -2.27. The minimum absolute atomic E-state index is 0.0426. The number of hydrogen-bond donors (Lipinski definition) is 1. The van der Waals surface area contributed by atoms with E-state index in [0.29, 0.717) is 26.3 Å². The van der Waals surface area contributed by atoms with E-state index in [1.807, 2.05) is 6.07 Å². The van der Waals surface area contributed by atoms with Crippen LogP contribution in [-0.2, 0) is 4.74 Å². The number of ether oxygens (including phenoxy) is 1. The van der Waals surface area contributed by atoms with Crippen LogP contribution in [-0.4, -0.2) is 46.9 Å². The van der Waals surface area contributed by atoms with Crippen LogP contribution in [0.4, 0.5) is 4.79 Å². The molecule has 5 nitrogen and oxygen atoms in total. The number of phenolic OH excluding ortho intramolecular Hbond substituents is 1. The number of amides is 1. The molecule has 0 spiro atoms. The van der Waals surface area contributed by atoms with Gasteiger partial charge in [-0.25, -0.2) is 4.79 Å². The fourth-order valence-electron chi connectivity index (χ4n) is 2.20. The number of carbonyl (C=O) groups excluding carboxylic acids is 1. The summed E-state index contributed by atoms with van der Waals surface area (Å²) in [7, 11) is 0. The van der Waals surface area contributed by atoms with Gasteiger partial charge in [0.2, 0.25) is 0 Å². The smallest absolute Gasteiger partial charge is 0.328 e. The molecular formula is C13H14N2O3. The molecule has 0 unspecified atom stereocenters. The number of hydrogen-bond acceptors (Lipinski definition) is 3. The zero-order chi connectivity index (χ0) is 12.5. The number of aromatic nitrogens is 1. The third-order valence-corrected chi connectivity index (χ3v) is 3.16. The van der Waals surface area contributed by atoms with Crippen molar-refractivity contribution in [1.82, 2.24) is 9.47 Å². The van der Waals surface area contributed by atoms with Crippen LogP contribution in [0.3, 0.4) is 0 Å². The summed E-state index contributed by atoms with van der Waals surface area (Å²) in [4.78, 5) is 14.1. The fourth-order valence-corrected chi connectivity index (χ4v) is 2.20. The van der Waals surface area contributed by atoms with Gasteiger partial charge in [0, 0.05) is 24.7 Å². The molecule has 0 atom stereocenters. The summed E-state index contributed by atoms with van der Waals surface area (Å²) in [6.07, 6.45) is 1.74. The Morgan fingerprint density at radius 2 is 2.00 bits per heavy atom. The first-order valence-electron chi connectivity index (χ1n) is 5.93. The molecule has 94 valence electrons. The van der Waals surface area contributed by atoms with Gasteiger partial charge in [0.25, 0.3) is 0 Å². The van der Waals surface area contributed by atoms with Crippen molar-refractivity contribution in [3.8, 4) is 5.75 Å². The maximum absolute atomic E-state index is 12.3. The predicted molar refractivity (Wildman–Crippen MR) is 66.8 cm³/mol. The Kier molecular flexibility index (Phi) is 2.68. The van der Waals surface area contributed by atoms with E-state index in [4.69, 9.17) is 4.74 Å². The third-order valence-electron chi connectivity index (χ3n) is 3.16. The molecule has 1 saturated heterocycles. The van der Waals surface area contributed by atoms with Crippen molar-refractivity contribution < 1.29 is 14.6 Å². The topological polar surface area (TPSA) is 54.7 Å². The third kappa shape index (κ3) is 1.82. The molecule has 1 aromatic heterocycles. The van der Waals surface area contributed by atoms with Crippen LogP contribution in [0.25, 0.3) is 10.9 Å². The Morgan fingerprint density at radius 3 is 2.78 bits per heavy atom. The molecule has 1 amide bonds. The van der Waals surface area contributed by atoms with Crippen molar-refractivity contribution in [3.05, 3.63) is 30.5 Å². The van der Waals surface area contributed by atoms with E-state index >= 15 is 0 Å². The van der Waals surface area contributed by atoms with Crippen LogP contribution >= 0.6 is 0 Å². The summed E-state index contributed by atoms with van der Waals surface area (Å²) >= 11 is 0. The van der Waals surface area contributed by atoms with Crippen molar-refractivity contribution in [1.29, 1.82) is 0 Å². The van der Waals surface area contributed by atoms with Crippen LogP contribution < -0.4 is 0 Å². The monoisotopic (exact) mass is 246 g/mol. The zero-order valence-electron chi connectivity index (χ0n) is 9.87. The number of fused-ring (bicyclic) bond motifs is 1. The Labute approximate surface area is 104 Å². The lowest BCUT2D eigenvalue weighted by Crippen LogP contribution is -2.42. The van der Waals surface area contributed by atoms with Crippen molar-refractivity contribution in [2.45, 2.75) is 0 Å². The van der Waals surface area contributed by atoms with E-state index in [1.165, 1.54) is 0 Å². The van der Waals surface area contributed by atoms with Gasteiger partial charge in [0.05, 0.1) is 18.7 Å². The van der Waals surface area contributed by atoms with Gasteiger partial charge in [-0.2, -0.15) is 0 Å². The van der Waals surface area contributed by atoms with Crippen molar-refractivity contribution in [3.63, 3.8) is 0 Å². The number of aromatic hydroxyl groups is 1. The van der Waals surface area contributed by atoms with Gasteiger partial charge in [-0.3, -0.25) is 4.57 Å². The maximum atomic E-state index is 12.3. The minimum atomic E-state index is -0.0426. The molecule has 2 heterocycles. The van der Waals surface area contributed by atoms with Crippen molar-refractivity contribution >= 4 is 16.9 Å². The number of phenols is 1. The van der Waals surface area contributed by atoms with Crippen LogP contribution in [0, 0.1) is 0 Å². The van der Waals surface area contributed by atoms with Crippen LogP contribution in [0.15, 0.2) is 30.5 Å². The van der Waals surface area contributed by atoms with E-state index in [1.54, 1.807) is 33.9 Å². The van der Waals surface area contributed by atoms with Gasteiger partial charge < -0.3 is 14.7 Å². The summed E-state index contributed by atoms with van der Waals surface area (Å²) in [5.74, 6) is 0.207. The molecule has 5 heteroatoms. The van der Waals surface area contributed by atoms with E-state index in [0.717, 1.165) is 10.9 Å². The molecule has 1 aromatic carbocycles. The highest BCUT2D eigenvalue weighted by Crippen LogP contribution is 2.21. The molecule has 0 aliphatic carbocycles. The minimum Gasteiger partial charge on any atom is -0.508 e. The highest BCUT2D eigenvalue weighted by Gasteiger charge is 2.19. The Morgan fingerprint density at radius 1 is 1.22 bits per heavy atom. The molecule has 0 saturated carbocycles. The standard InChI is InChI=1S/C13H14N2O3/c16-11-1-2-12-10(9-11)3-4-15(12)13(17)14-5-7-18-8-6-14/h1-4,9,16H,5-8H2. The van der Waals surface area contributed by atoms with Crippen LogP contribution in [0.1, 0.15) is 0 Å². The molecule has 1 fully saturated rings. The molecule has 0 radical (unpaired) electrons. The van der Waals surface area contributed by atoms with Gasteiger partial charge >= 0.3 is 6.03 Å². The Hall–Kier alpha value is -2.01. The van der Waals surface area contributed by atoms with Gasteiger partial charge in [0.1, 0.15) is 5.75 Å². The molecule has 1 N–H and O–H groups in total.